The molecule has 18 heavy (non-hydrogen) atoms. The fraction of sp³-hybridized carbons (Fsp3) is 0.538. The minimum atomic E-state index is -0.406. The van der Waals surface area contributed by atoms with Gasteiger partial charge in [-0.3, -0.25) is 10.1 Å². The van der Waals surface area contributed by atoms with Gasteiger partial charge in [-0.1, -0.05) is 18.6 Å². The molecule has 0 spiro atoms. The van der Waals surface area contributed by atoms with Crippen molar-refractivity contribution in [2.45, 2.75) is 44.8 Å². The van der Waals surface area contributed by atoms with Gasteiger partial charge in [0.15, 0.2) is 5.75 Å². The maximum atomic E-state index is 11.0. The van der Waals surface area contributed by atoms with Gasteiger partial charge in [-0.25, -0.2) is 0 Å². The molecule has 0 radical (unpaired) electrons. The topological polar surface area (TPSA) is 78.4 Å². The summed E-state index contributed by atoms with van der Waals surface area (Å²) in [6.07, 6.45) is 3.85. The second-order valence-electron chi connectivity index (χ2n) is 4.78. The molecule has 2 rings (SSSR count). The van der Waals surface area contributed by atoms with E-state index >= 15 is 0 Å². The second-order valence-corrected chi connectivity index (χ2v) is 4.78. The Morgan fingerprint density at radius 1 is 1.39 bits per heavy atom. The van der Waals surface area contributed by atoms with Gasteiger partial charge in [0, 0.05) is 12.1 Å². The summed E-state index contributed by atoms with van der Waals surface area (Å²) in [5.41, 5.74) is 6.81. The molecule has 98 valence electrons. The SMILES string of the molecule is Cc1cccc([N+](=O)[O-])c1OC1CCCCC1N. The van der Waals surface area contributed by atoms with E-state index in [-0.39, 0.29) is 17.8 Å². The zero-order valence-electron chi connectivity index (χ0n) is 10.5. The Balaban J connectivity index is 2.24. The van der Waals surface area contributed by atoms with Crippen molar-refractivity contribution < 1.29 is 9.66 Å². The van der Waals surface area contributed by atoms with E-state index in [0.717, 1.165) is 31.2 Å². The molecule has 1 aromatic rings. The van der Waals surface area contributed by atoms with Crippen LogP contribution in [0.15, 0.2) is 18.2 Å². The van der Waals surface area contributed by atoms with Gasteiger partial charge in [-0.05, 0) is 31.7 Å². The number of para-hydroxylation sites is 1. The Bertz CT molecular complexity index is 448. The van der Waals surface area contributed by atoms with Crippen LogP contribution in [0.3, 0.4) is 0 Å². The molecular weight excluding hydrogens is 232 g/mol. The molecule has 1 aliphatic rings. The van der Waals surface area contributed by atoms with Gasteiger partial charge in [0.25, 0.3) is 0 Å². The van der Waals surface area contributed by atoms with Gasteiger partial charge in [0.2, 0.25) is 0 Å². The first kappa shape index (κ1) is 12.8. The van der Waals surface area contributed by atoms with E-state index in [0.29, 0.717) is 5.75 Å². The van der Waals surface area contributed by atoms with Gasteiger partial charge in [0.05, 0.1) is 4.92 Å². The van der Waals surface area contributed by atoms with E-state index in [1.807, 2.05) is 13.0 Å². The number of rotatable bonds is 3. The summed E-state index contributed by atoms with van der Waals surface area (Å²) >= 11 is 0. The Morgan fingerprint density at radius 3 is 2.78 bits per heavy atom. The molecule has 0 amide bonds. The third kappa shape index (κ3) is 2.61. The molecule has 1 saturated carbocycles. The van der Waals surface area contributed by atoms with Crippen LogP contribution in [0, 0.1) is 17.0 Å². The van der Waals surface area contributed by atoms with E-state index in [1.54, 1.807) is 6.07 Å². The van der Waals surface area contributed by atoms with Crippen LogP contribution in [0.4, 0.5) is 5.69 Å². The van der Waals surface area contributed by atoms with Crippen LogP contribution >= 0.6 is 0 Å². The zero-order valence-corrected chi connectivity index (χ0v) is 10.5. The van der Waals surface area contributed by atoms with Crippen LogP contribution in [-0.4, -0.2) is 17.1 Å². The van der Waals surface area contributed by atoms with E-state index in [4.69, 9.17) is 10.5 Å². The fourth-order valence-corrected chi connectivity index (χ4v) is 2.36. The predicted octanol–water partition coefficient (Wildman–Crippen LogP) is 2.55. The normalized spacial score (nSPS) is 23.7. The Morgan fingerprint density at radius 2 is 2.11 bits per heavy atom. The van der Waals surface area contributed by atoms with Crippen molar-refractivity contribution in [3.05, 3.63) is 33.9 Å². The quantitative estimate of drug-likeness (QED) is 0.660. The highest BCUT2D eigenvalue weighted by atomic mass is 16.6. The van der Waals surface area contributed by atoms with Crippen LogP contribution in [0.25, 0.3) is 0 Å². The Hall–Kier alpha value is -1.62. The Labute approximate surface area is 106 Å². The molecule has 1 aromatic carbocycles. The smallest absolute Gasteiger partial charge is 0.311 e. The molecular formula is C13H18N2O3. The van der Waals surface area contributed by atoms with Crippen molar-refractivity contribution in [2.75, 3.05) is 0 Å². The molecule has 0 saturated heterocycles. The summed E-state index contributed by atoms with van der Waals surface area (Å²) in [6, 6.07) is 4.92. The van der Waals surface area contributed by atoms with Crippen molar-refractivity contribution in [3.8, 4) is 5.75 Å². The van der Waals surface area contributed by atoms with Crippen LogP contribution in [-0.2, 0) is 0 Å². The summed E-state index contributed by atoms with van der Waals surface area (Å²) in [5, 5.41) is 11.0. The lowest BCUT2D eigenvalue weighted by molar-refractivity contribution is -0.386. The lowest BCUT2D eigenvalue weighted by Gasteiger charge is -2.29. The van der Waals surface area contributed by atoms with Crippen LogP contribution < -0.4 is 10.5 Å². The number of nitro groups is 1. The van der Waals surface area contributed by atoms with Crippen LogP contribution in [0.1, 0.15) is 31.2 Å². The molecule has 1 aliphatic carbocycles. The number of nitrogens with zero attached hydrogens (tertiary/aromatic N) is 1. The number of hydrogen-bond acceptors (Lipinski definition) is 4. The number of nitrogens with two attached hydrogens (primary N) is 1. The minimum absolute atomic E-state index is 0.0211. The number of aryl methyl sites for hydroxylation is 1. The molecule has 5 heteroatoms. The molecule has 0 heterocycles. The highest BCUT2D eigenvalue weighted by Gasteiger charge is 2.27. The van der Waals surface area contributed by atoms with Crippen LogP contribution in [0.2, 0.25) is 0 Å². The summed E-state index contributed by atoms with van der Waals surface area (Å²) in [6.45, 7) is 1.82. The summed E-state index contributed by atoms with van der Waals surface area (Å²) in [5.74, 6) is 0.366. The molecule has 1 fully saturated rings. The molecule has 2 N–H and O–H groups in total. The van der Waals surface area contributed by atoms with Crippen molar-refractivity contribution in [2.24, 2.45) is 5.73 Å². The maximum Gasteiger partial charge on any atom is 0.311 e. The molecule has 0 bridgehead atoms. The average Bonchev–Trinajstić information content (AvgIpc) is 2.34. The second kappa shape index (κ2) is 5.35. The van der Waals surface area contributed by atoms with Gasteiger partial charge in [-0.2, -0.15) is 0 Å². The van der Waals surface area contributed by atoms with Gasteiger partial charge >= 0.3 is 5.69 Å². The monoisotopic (exact) mass is 250 g/mol. The van der Waals surface area contributed by atoms with E-state index in [9.17, 15) is 10.1 Å². The van der Waals surface area contributed by atoms with Gasteiger partial charge in [-0.15, -0.1) is 0 Å². The predicted molar refractivity (Wildman–Crippen MR) is 68.7 cm³/mol. The number of benzene rings is 1. The third-order valence-electron chi connectivity index (χ3n) is 3.41. The number of ether oxygens (including phenoxy) is 1. The largest absolute Gasteiger partial charge is 0.482 e. The van der Waals surface area contributed by atoms with Gasteiger partial charge in [0.1, 0.15) is 6.10 Å². The highest BCUT2D eigenvalue weighted by molar-refractivity contribution is 5.51. The first-order valence-corrected chi connectivity index (χ1v) is 6.26. The van der Waals surface area contributed by atoms with Crippen molar-refractivity contribution in [1.29, 1.82) is 0 Å². The first-order chi connectivity index (χ1) is 8.59. The molecule has 0 aliphatic heterocycles. The van der Waals surface area contributed by atoms with Crippen molar-refractivity contribution >= 4 is 5.69 Å². The maximum absolute atomic E-state index is 11.0. The summed E-state index contributed by atoms with van der Waals surface area (Å²) in [4.78, 5) is 10.6. The minimum Gasteiger partial charge on any atom is -0.482 e. The summed E-state index contributed by atoms with van der Waals surface area (Å²) in [7, 11) is 0. The van der Waals surface area contributed by atoms with Crippen molar-refractivity contribution in [3.63, 3.8) is 0 Å². The first-order valence-electron chi connectivity index (χ1n) is 6.26. The van der Waals surface area contributed by atoms with E-state index in [1.165, 1.54) is 6.07 Å². The molecule has 5 nitrogen and oxygen atoms in total. The van der Waals surface area contributed by atoms with Crippen molar-refractivity contribution in [1.82, 2.24) is 0 Å². The lowest BCUT2D eigenvalue weighted by atomic mass is 9.93. The lowest BCUT2D eigenvalue weighted by Crippen LogP contribution is -2.41. The molecule has 2 atom stereocenters. The highest BCUT2D eigenvalue weighted by Crippen LogP contribution is 2.33. The Kier molecular flexibility index (Phi) is 3.81. The standard InChI is InChI=1S/C13H18N2O3/c1-9-5-4-7-11(15(16)17)13(9)18-12-8-3-2-6-10(12)14/h4-5,7,10,12H,2-3,6,8,14H2,1H3. The molecule has 2 unspecified atom stereocenters. The number of hydrogen-bond donors (Lipinski definition) is 1. The van der Waals surface area contributed by atoms with E-state index in [2.05, 4.69) is 0 Å². The summed E-state index contributed by atoms with van der Waals surface area (Å²) < 4.78 is 5.82. The molecule has 0 aromatic heterocycles. The average molecular weight is 250 g/mol. The number of nitro benzene ring substituents is 1. The van der Waals surface area contributed by atoms with Crippen LogP contribution in [0.5, 0.6) is 5.75 Å². The van der Waals surface area contributed by atoms with E-state index < -0.39 is 4.92 Å². The zero-order chi connectivity index (χ0) is 13.1. The fourth-order valence-electron chi connectivity index (χ4n) is 2.36. The van der Waals surface area contributed by atoms with Gasteiger partial charge < -0.3 is 10.5 Å². The third-order valence-corrected chi connectivity index (χ3v) is 3.41.